The molecule has 0 aliphatic heterocycles. The molecular formula is C11H12N6S. The number of aromatic nitrogens is 4. The van der Waals surface area contributed by atoms with Crippen LogP contribution < -0.4 is 11.1 Å². The molecule has 3 heterocycles. The summed E-state index contributed by atoms with van der Waals surface area (Å²) >= 11 is 1.66. The van der Waals surface area contributed by atoms with Gasteiger partial charge in [-0.25, -0.2) is 15.0 Å². The van der Waals surface area contributed by atoms with Crippen LogP contribution in [0.2, 0.25) is 0 Å². The van der Waals surface area contributed by atoms with Crippen LogP contribution in [0.3, 0.4) is 0 Å². The summed E-state index contributed by atoms with van der Waals surface area (Å²) in [5.74, 6) is 1.15. The number of imidazole rings is 1. The van der Waals surface area contributed by atoms with Gasteiger partial charge in [-0.1, -0.05) is 0 Å². The van der Waals surface area contributed by atoms with Crippen molar-refractivity contribution >= 4 is 28.6 Å². The highest BCUT2D eigenvalue weighted by atomic mass is 32.1. The summed E-state index contributed by atoms with van der Waals surface area (Å²) in [5, 5.41) is 4.29. The second-order valence-corrected chi connectivity index (χ2v) is 5.19. The van der Waals surface area contributed by atoms with E-state index in [4.69, 9.17) is 5.73 Å². The van der Waals surface area contributed by atoms with Gasteiger partial charge in [0.25, 0.3) is 0 Å². The van der Waals surface area contributed by atoms with E-state index in [1.54, 1.807) is 23.7 Å². The fourth-order valence-electron chi connectivity index (χ4n) is 1.73. The quantitative estimate of drug-likeness (QED) is 0.749. The van der Waals surface area contributed by atoms with E-state index < -0.39 is 0 Å². The molecule has 0 unspecified atom stereocenters. The number of nitrogens with zero attached hydrogens (tertiary/aromatic N) is 4. The average Bonchev–Trinajstić information content (AvgIpc) is 2.94. The highest BCUT2D eigenvalue weighted by Crippen LogP contribution is 2.17. The Kier molecular flexibility index (Phi) is 2.60. The summed E-state index contributed by atoms with van der Waals surface area (Å²) in [6, 6.07) is 0. The minimum atomic E-state index is 0.462. The molecule has 0 atom stereocenters. The van der Waals surface area contributed by atoms with Gasteiger partial charge in [0.2, 0.25) is 0 Å². The fourth-order valence-corrected chi connectivity index (χ4v) is 2.46. The predicted molar refractivity (Wildman–Crippen MR) is 71.6 cm³/mol. The smallest absolute Gasteiger partial charge is 0.180 e. The van der Waals surface area contributed by atoms with E-state index in [1.165, 1.54) is 0 Å². The molecule has 0 saturated heterocycles. The molecule has 3 N–H and O–H groups in total. The van der Waals surface area contributed by atoms with E-state index in [9.17, 15) is 0 Å². The Labute approximate surface area is 108 Å². The van der Waals surface area contributed by atoms with Crippen LogP contribution in [0, 0.1) is 6.92 Å². The van der Waals surface area contributed by atoms with Gasteiger partial charge in [-0.3, -0.25) is 0 Å². The van der Waals surface area contributed by atoms with Crippen LogP contribution in [0.15, 0.2) is 24.8 Å². The van der Waals surface area contributed by atoms with Crippen molar-refractivity contribution in [1.29, 1.82) is 0 Å². The number of hydrogen-bond donors (Lipinski definition) is 2. The first-order valence-electron chi connectivity index (χ1n) is 5.47. The standard InChI is InChI=1S/C11H12N6S/c1-7-14-4-8(18-7)5-15-10-11-13-2-3-17(11)6-9(12)16-10/h2-4,6H,5,12H2,1H3,(H,15,16). The highest BCUT2D eigenvalue weighted by Gasteiger charge is 2.06. The van der Waals surface area contributed by atoms with E-state index in [0.29, 0.717) is 18.2 Å². The van der Waals surface area contributed by atoms with E-state index in [-0.39, 0.29) is 0 Å². The molecular weight excluding hydrogens is 248 g/mol. The third kappa shape index (κ3) is 2.00. The lowest BCUT2D eigenvalue weighted by Crippen LogP contribution is -2.05. The summed E-state index contributed by atoms with van der Waals surface area (Å²) in [6.45, 7) is 2.66. The van der Waals surface area contributed by atoms with Gasteiger partial charge in [0, 0.05) is 23.5 Å². The molecule has 0 radical (unpaired) electrons. The molecule has 0 spiro atoms. The first kappa shape index (κ1) is 11.0. The number of hydrogen-bond acceptors (Lipinski definition) is 6. The Morgan fingerprint density at radius 3 is 3.11 bits per heavy atom. The molecule has 0 fully saturated rings. The second kappa shape index (κ2) is 4.26. The first-order valence-corrected chi connectivity index (χ1v) is 6.28. The van der Waals surface area contributed by atoms with E-state index in [0.717, 1.165) is 15.5 Å². The topological polar surface area (TPSA) is 81.1 Å². The number of nitrogens with two attached hydrogens (primary N) is 1. The number of nitrogen functional groups attached to an aromatic ring is 1. The maximum atomic E-state index is 5.75. The summed E-state index contributed by atoms with van der Waals surface area (Å²) in [5.41, 5.74) is 6.52. The summed E-state index contributed by atoms with van der Waals surface area (Å²) in [4.78, 5) is 13.9. The number of thiazole rings is 1. The maximum Gasteiger partial charge on any atom is 0.180 e. The minimum Gasteiger partial charge on any atom is -0.382 e. The maximum absolute atomic E-state index is 5.75. The molecule has 0 saturated carbocycles. The minimum absolute atomic E-state index is 0.462. The van der Waals surface area contributed by atoms with Gasteiger partial charge in [0.1, 0.15) is 5.82 Å². The van der Waals surface area contributed by atoms with Crippen molar-refractivity contribution in [2.24, 2.45) is 0 Å². The van der Waals surface area contributed by atoms with Crippen molar-refractivity contribution in [3.8, 4) is 0 Å². The van der Waals surface area contributed by atoms with Gasteiger partial charge in [-0.05, 0) is 6.92 Å². The molecule has 18 heavy (non-hydrogen) atoms. The van der Waals surface area contributed by atoms with E-state index in [2.05, 4.69) is 20.3 Å². The van der Waals surface area contributed by atoms with Crippen LogP contribution in [0.25, 0.3) is 5.65 Å². The number of anilines is 2. The second-order valence-electron chi connectivity index (χ2n) is 3.87. The zero-order valence-electron chi connectivity index (χ0n) is 9.79. The Bertz CT molecular complexity index is 686. The Balaban J connectivity index is 1.87. The lowest BCUT2D eigenvalue weighted by molar-refractivity contribution is 1.08. The molecule has 0 amide bonds. The number of fused-ring (bicyclic) bond motifs is 1. The fraction of sp³-hybridized carbons (Fsp3) is 0.182. The molecule has 3 aromatic rings. The SMILES string of the molecule is Cc1ncc(CNc2nc(N)cn3ccnc23)s1. The van der Waals surface area contributed by atoms with Crippen LogP contribution in [0.4, 0.5) is 11.6 Å². The van der Waals surface area contributed by atoms with Gasteiger partial charge >= 0.3 is 0 Å². The van der Waals surface area contributed by atoms with Crippen LogP contribution in [-0.4, -0.2) is 19.4 Å². The number of nitrogens with one attached hydrogen (secondary N) is 1. The van der Waals surface area contributed by atoms with Gasteiger partial charge in [-0.2, -0.15) is 0 Å². The van der Waals surface area contributed by atoms with Crippen molar-refractivity contribution in [1.82, 2.24) is 19.4 Å². The Morgan fingerprint density at radius 2 is 2.33 bits per heavy atom. The summed E-state index contributed by atoms with van der Waals surface area (Å²) in [7, 11) is 0. The summed E-state index contributed by atoms with van der Waals surface area (Å²) in [6.07, 6.45) is 7.17. The van der Waals surface area contributed by atoms with Gasteiger partial charge in [0.05, 0.1) is 17.7 Å². The molecule has 3 rings (SSSR count). The largest absolute Gasteiger partial charge is 0.382 e. The predicted octanol–water partition coefficient (Wildman–Crippen LogP) is 1.69. The monoisotopic (exact) mass is 260 g/mol. The first-order chi connectivity index (χ1) is 8.72. The van der Waals surface area contributed by atoms with Gasteiger partial charge in [0.15, 0.2) is 11.5 Å². The highest BCUT2D eigenvalue weighted by molar-refractivity contribution is 7.11. The van der Waals surface area contributed by atoms with Crippen LogP contribution in [0.1, 0.15) is 9.88 Å². The number of aryl methyl sites for hydroxylation is 1. The van der Waals surface area contributed by atoms with Crippen LogP contribution in [0.5, 0.6) is 0 Å². The third-order valence-electron chi connectivity index (χ3n) is 2.49. The van der Waals surface area contributed by atoms with Crippen molar-refractivity contribution in [2.75, 3.05) is 11.1 Å². The van der Waals surface area contributed by atoms with Gasteiger partial charge in [-0.15, -0.1) is 11.3 Å². The molecule has 3 aromatic heterocycles. The van der Waals surface area contributed by atoms with Crippen molar-refractivity contribution < 1.29 is 0 Å². The normalized spacial score (nSPS) is 10.9. The van der Waals surface area contributed by atoms with Crippen molar-refractivity contribution in [3.63, 3.8) is 0 Å². The molecule has 7 heteroatoms. The zero-order valence-corrected chi connectivity index (χ0v) is 10.6. The van der Waals surface area contributed by atoms with Crippen LogP contribution >= 0.6 is 11.3 Å². The Hall–Kier alpha value is -2.15. The van der Waals surface area contributed by atoms with Crippen LogP contribution in [-0.2, 0) is 6.54 Å². The average molecular weight is 260 g/mol. The lowest BCUT2D eigenvalue weighted by Gasteiger charge is -2.06. The van der Waals surface area contributed by atoms with Gasteiger partial charge < -0.3 is 15.5 Å². The zero-order chi connectivity index (χ0) is 12.5. The molecule has 0 aliphatic rings. The molecule has 0 bridgehead atoms. The third-order valence-corrected chi connectivity index (χ3v) is 3.40. The molecule has 92 valence electrons. The molecule has 6 nitrogen and oxygen atoms in total. The molecule has 0 aromatic carbocycles. The Morgan fingerprint density at radius 1 is 1.44 bits per heavy atom. The molecule has 0 aliphatic carbocycles. The van der Waals surface area contributed by atoms with E-state index >= 15 is 0 Å². The van der Waals surface area contributed by atoms with E-state index in [1.807, 2.05) is 23.7 Å². The van der Waals surface area contributed by atoms with Crippen molar-refractivity contribution in [2.45, 2.75) is 13.5 Å². The van der Waals surface area contributed by atoms with Crippen molar-refractivity contribution in [3.05, 3.63) is 34.7 Å². The summed E-state index contributed by atoms with van der Waals surface area (Å²) < 4.78 is 1.85. The number of rotatable bonds is 3. The lowest BCUT2D eigenvalue weighted by atomic mass is 10.5.